The lowest BCUT2D eigenvalue weighted by atomic mass is 10.2. The van der Waals surface area contributed by atoms with Crippen molar-refractivity contribution in [3.63, 3.8) is 0 Å². The number of fused-ring (bicyclic) bond motifs is 2. The van der Waals surface area contributed by atoms with Crippen LogP contribution in [0.4, 0.5) is 30.8 Å². The third-order valence-electron chi connectivity index (χ3n) is 6.00. The minimum atomic E-state index is -1.61. The predicted octanol–water partition coefficient (Wildman–Crippen LogP) is 12.8. The van der Waals surface area contributed by atoms with Crippen LogP contribution in [0.5, 0.6) is 0 Å². The highest BCUT2D eigenvalue weighted by atomic mass is 79.9. The lowest BCUT2D eigenvalue weighted by molar-refractivity contribution is 0.0406. The highest BCUT2D eigenvalue weighted by molar-refractivity contribution is 9.08. The number of nitrogens with zero attached hydrogens (tertiary/aromatic N) is 4. The van der Waals surface area contributed by atoms with E-state index in [2.05, 4.69) is 26.2 Å². The monoisotopic (exact) mass is 926 g/mol. The molecular weight excluding hydrogens is 882 g/mol. The van der Waals surface area contributed by atoms with Gasteiger partial charge in [0.05, 0.1) is 10.8 Å². The maximum atomic E-state index is 12.7. The van der Waals surface area contributed by atoms with Gasteiger partial charge < -0.3 is 28.0 Å². The number of amides is 4. The largest absolute Gasteiger partial charge is 0.443 e. The Kier molecular flexibility index (Phi) is 16.4. The van der Waals surface area contributed by atoms with E-state index < -0.39 is 50.0 Å². The van der Waals surface area contributed by atoms with Crippen molar-refractivity contribution >= 4 is 120 Å². The Balaban J connectivity index is 0.000000345. The summed E-state index contributed by atoms with van der Waals surface area (Å²) in [6.45, 7) is 22.4. The Bertz CT molecular complexity index is 1940. The van der Waals surface area contributed by atoms with Gasteiger partial charge in [-0.2, -0.15) is 9.80 Å². The molecule has 4 amide bonds. The van der Waals surface area contributed by atoms with E-state index >= 15 is 0 Å². The van der Waals surface area contributed by atoms with E-state index in [-0.39, 0.29) is 11.6 Å². The van der Waals surface area contributed by atoms with Crippen LogP contribution >= 0.6 is 62.3 Å². The molecule has 0 radical (unpaired) electrons. The van der Waals surface area contributed by atoms with Crippen molar-refractivity contribution in [2.75, 3.05) is 9.80 Å². The molecule has 4 rings (SSSR count). The molecule has 0 atom stereocenters. The molecule has 310 valence electrons. The zero-order chi connectivity index (χ0) is 43.2. The normalized spacial score (nSPS) is 12.1. The number of halogens is 5. The number of ether oxygens (including phenoxy) is 4. The average molecular weight is 930 g/mol. The third kappa shape index (κ3) is 16.5. The van der Waals surface area contributed by atoms with Gasteiger partial charge in [0.2, 0.25) is 0 Å². The summed E-state index contributed by atoms with van der Waals surface area (Å²) in [5.74, 6) is 0.0773. The average Bonchev–Trinajstić information content (AvgIpc) is 3.57. The fourth-order valence-corrected chi connectivity index (χ4v) is 4.49. The fraction of sp³-hybridized carbons (Fsp3) is 0.514. The second-order valence-electron chi connectivity index (χ2n) is 16.0. The molecule has 0 N–H and O–H groups in total. The summed E-state index contributed by atoms with van der Waals surface area (Å²) < 4.78 is 30.3. The number of rotatable bonds is 3. The van der Waals surface area contributed by atoms with Crippen LogP contribution in [0.3, 0.4) is 0 Å². The van der Waals surface area contributed by atoms with Crippen molar-refractivity contribution in [2.45, 2.75) is 121 Å². The topological polar surface area (TPSA) is 164 Å². The lowest BCUT2D eigenvalue weighted by Gasteiger charge is -2.27. The second-order valence-corrected chi connectivity index (χ2v) is 20.0. The van der Waals surface area contributed by atoms with Crippen LogP contribution in [0.1, 0.15) is 94.2 Å². The minimum Gasteiger partial charge on any atom is -0.443 e. The van der Waals surface area contributed by atoms with Crippen molar-refractivity contribution in [3.8, 4) is 0 Å². The van der Waals surface area contributed by atoms with Crippen LogP contribution < -0.4 is 9.80 Å². The summed E-state index contributed by atoms with van der Waals surface area (Å²) in [4.78, 5) is 52.2. The molecule has 0 aliphatic heterocycles. The maximum Gasteiger partial charge on any atom is 0.425 e. The van der Waals surface area contributed by atoms with Crippen molar-refractivity contribution in [1.29, 1.82) is 0 Å². The smallest absolute Gasteiger partial charge is 0.425 e. The molecule has 2 aromatic heterocycles. The van der Waals surface area contributed by atoms with Crippen molar-refractivity contribution in [3.05, 3.63) is 47.5 Å². The van der Waals surface area contributed by atoms with E-state index in [9.17, 15) is 19.2 Å². The highest BCUT2D eigenvalue weighted by Gasteiger charge is 2.37. The van der Waals surface area contributed by atoms with Crippen LogP contribution in [-0.4, -0.2) is 60.3 Å². The highest BCUT2D eigenvalue weighted by Crippen LogP contribution is 2.32. The quantitative estimate of drug-likeness (QED) is 0.141. The molecule has 14 nitrogen and oxygen atoms in total. The SMILES string of the molecule is CC(C)(C)OC(=O)N(C(=O)OC(C)(C)C)c1noc2ccc(CBr)cc12.Cc1ccc2onc(N(C(=O)OC(C)(C)C)C(=O)OC(C)(C)C)c2c1.ClC(Cl)(Cl)Cl. The van der Waals surface area contributed by atoms with Gasteiger partial charge in [0, 0.05) is 5.33 Å². The van der Waals surface area contributed by atoms with E-state index in [1.165, 1.54) is 0 Å². The summed E-state index contributed by atoms with van der Waals surface area (Å²) in [6.07, 6.45) is -3.52. The molecule has 0 aliphatic carbocycles. The molecule has 4 aromatic rings. The fourth-order valence-electron chi connectivity index (χ4n) is 4.14. The molecular formula is C37H47BrCl4N4O10. The Morgan fingerprint density at radius 1 is 0.589 bits per heavy atom. The number of anilines is 2. The molecule has 2 aromatic carbocycles. The van der Waals surface area contributed by atoms with Gasteiger partial charge in [0.25, 0.3) is 3.25 Å². The second kappa shape index (κ2) is 18.8. The van der Waals surface area contributed by atoms with Gasteiger partial charge in [-0.15, -0.1) is 0 Å². The molecule has 0 saturated heterocycles. The Hall–Kier alpha value is -3.50. The molecule has 56 heavy (non-hydrogen) atoms. The number of hydrogen-bond acceptors (Lipinski definition) is 12. The molecule has 0 unspecified atom stereocenters. The van der Waals surface area contributed by atoms with Crippen molar-refractivity contribution in [2.24, 2.45) is 0 Å². The summed E-state index contributed by atoms with van der Waals surface area (Å²) in [7, 11) is 0. The number of aromatic nitrogens is 2. The molecule has 0 aliphatic rings. The van der Waals surface area contributed by atoms with Gasteiger partial charge >= 0.3 is 24.4 Å². The third-order valence-corrected chi connectivity index (χ3v) is 6.65. The van der Waals surface area contributed by atoms with Gasteiger partial charge in [0.1, 0.15) is 22.4 Å². The molecule has 2 heterocycles. The number of alkyl halides is 5. The standard InChI is InChI=1S/C18H23BrN2O5.C18H24N2O5.CCl4/c1-17(2,3)24-15(22)21(16(23)25-18(4,5)6)14-12-9-11(10-19)7-8-13(12)26-20-14;1-11-8-9-13-12(10-11)14(19-25-13)20(15(21)23-17(2,3)4)16(22)24-18(5,6)7;2-1(3,4)5/h7-9H,10H2,1-6H3;8-10H,1-7H3;. The summed E-state index contributed by atoms with van der Waals surface area (Å²) in [6, 6.07) is 10.7. The zero-order valence-electron chi connectivity index (χ0n) is 33.4. The van der Waals surface area contributed by atoms with Crippen molar-refractivity contribution < 1.29 is 47.2 Å². The van der Waals surface area contributed by atoms with Gasteiger partial charge in [-0.05, 0) is 120 Å². The molecule has 0 spiro atoms. The van der Waals surface area contributed by atoms with E-state index in [1.807, 2.05) is 19.1 Å². The summed E-state index contributed by atoms with van der Waals surface area (Å²) >= 11 is 22.7. The minimum absolute atomic E-state index is 0.0336. The van der Waals surface area contributed by atoms with Crippen LogP contribution in [0.2, 0.25) is 0 Å². The molecule has 0 bridgehead atoms. The lowest BCUT2D eigenvalue weighted by Crippen LogP contribution is -2.44. The van der Waals surface area contributed by atoms with Crippen LogP contribution in [0, 0.1) is 6.92 Å². The Morgan fingerprint density at radius 3 is 1.20 bits per heavy atom. The van der Waals surface area contributed by atoms with Gasteiger partial charge in [-0.25, -0.2) is 19.2 Å². The zero-order valence-corrected chi connectivity index (χ0v) is 38.0. The molecule has 0 saturated carbocycles. The van der Waals surface area contributed by atoms with E-state index in [0.29, 0.717) is 27.3 Å². The number of hydrogen-bond donors (Lipinski definition) is 0. The first-order valence-electron chi connectivity index (χ1n) is 16.9. The number of benzene rings is 2. The number of imide groups is 2. The van der Waals surface area contributed by atoms with E-state index in [4.69, 9.17) is 74.4 Å². The van der Waals surface area contributed by atoms with Crippen LogP contribution in [0.25, 0.3) is 21.9 Å². The van der Waals surface area contributed by atoms with Crippen molar-refractivity contribution in [1.82, 2.24) is 10.3 Å². The van der Waals surface area contributed by atoms with Gasteiger partial charge in [-0.3, -0.25) is 0 Å². The first kappa shape index (κ1) is 48.6. The molecule has 0 fully saturated rings. The Labute approximate surface area is 354 Å². The first-order valence-corrected chi connectivity index (χ1v) is 19.5. The summed E-state index contributed by atoms with van der Waals surface area (Å²) in [5, 5.41) is 9.44. The van der Waals surface area contributed by atoms with Gasteiger partial charge in [-0.1, -0.05) is 90.3 Å². The summed E-state index contributed by atoms with van der Waals surface area (Å²) in [5.41, 5.74) is -0.379. The van der Waals surface area contributed by atoms with E-state index in [1.54, 1.807) is 107 Å². The van der Waals surface area contributed by atoms with Crippen LogP contribution in [0.15, 0.2) is 45.4 Å². The van der Waals surface area contributed by atoms with Gasteiger partial charge in [0.15, 0.2) is 22.8 Å². The molecule has 19 heteroatoms. The predicted molar refractivity (Wildman–Crippen MR) is 221 cm³/mol. The maximum absolute atomic E-state index is 12.7. The number of carbonyl (C=O) groups excluding carboxylic acids is 4. The van der Waals surface area contributed by atoms with E-state index in [0.717, 1.165) is 20.9 Å². The Morgan fingerprint density at radius 2 is 0.893 bits per heavy atom. The number of aryl methyl sites for hydroxylation is 1. The number of carbonyl (C=O) groups is 4. The first-order chi connectivity index (χ1) is 25.3. The van der Waals surface area contributed by atoms with Crippen LogP contribution in [-0.2, 0) is 24.3 Å².